The first-order valence-corrected chi connectivity index (χ1v) is 11.6. The number of hydrogen-bond acceptors (Lipinski definition) is 5. The van der Waals surface area contributed by atoms with Crippen molar-refractivity contribution < 1.29 is 17.6 Å². The standard InChI is InChI=1S/C22H20FN3O4S/c23-19-9-5-4-8-18(19)20-10-11-21(27)25(24-20)14-22(28)26(16-6-2-1-3-7-16)17-12-13-31(29,30)15-17/h1-11,17H,12-15H2/t17-/m1/s1. The van der Waals surface area contributed by atoms with Crippen molar-refractivity contribution in [3.05, 3.63) is 82.9 Å². The van der Waals surface area contributed by atoms with Crippen LogP contribution in [0.5, 0.6) is 0 Å². The Morgan fingerprint density at radius 3 is 2.45 bits per heavy atom. The number of carbonyl (C=O) groups is 1. The zero-order valence-corrected chi connectivity index (χ0v) is 17.3. The van der Waals surface area contributed by atoms with Gasteiger partial charge in [0.05, 0.1) is 23.2 Å². The minimum atomic E-state index is -3.23. The van der Waals surface area contributed by atoms with Gasteiger partial charge in [-0.05, 0) is 36.8 Å². The molecule has 1 aliphatic rings. The maximum Gasteiger partial charge on any atom is 0.267 e. The lowest BCUT2D eigenvalue weighted by Gasteiger charge is -2.28. The molecule has 7 nitrogen and oxygen atoms in total. The van der Waals surface area contributed by atoms with E-state index in [0.717, 1.165) is 4.68 Å². The van der Waals surface area contributed by atoms with Crippen LogP contribution in [0.1, 0.15) is 6.42 Å². The van der Waals surface area contributed by atoms with E-state index in [0.29, 0.717) is 12.1 Å². The largest absolute Gasteiger partial charge is 0.307 e. The van der Waals surface area contributed by atoms with E-state index in [2.05, 4.69) is 5.10 Å². The quantitative estimate of drug-likeness (QED) is 0.606. The molecule has 0 bridgehead atoms. The maximum absolute atomic E-state index is 14.1. The van der Waals surface area contributed by atoms with E-state index < -0.39 is 39.7 Å². The zero-order chi connectivity index (χ0) is 22.0. The molecule has 0 unspecified atom stereocenters. The van der Waals surface area contributed by atoms with Crippen LogP contribution >= 0.6 is 0 Å². The number of benzene rings is 2. The highest BCUT2D eigenvalue weighted by Crippen LogP contribution is 2.25. The molecule has 1 amide bonds. The van der Waals surface area contributed by atoms with Gasteiger partial charge in [0.25, 0.3) is 5.56 Å². The average molecular weight is 441 g/mol. The number of halogens is 1. The molecule has 0 spiro atoms. The second-order valence-electron chi connectivity index (χ2n) is 7.35. The Balaban J connectivity index is 1.67. The Hall–Kier alpha value is -3.33. The fourth-order valence-corrected chi connectivity index (χ4v) is 5.40. The van der Waals surface area contributed by atoms with Gasteiger partial charge < -0.3 is 4.90 Å². The summed E-state index contributed by atoms with van der Waals surface area (Å²) in [7, 11) is -3.23. The number of aromatic nitrogens is 2. The van der Waals surface area contributed by atoms with Crippen molar-refractivity contribution >= 4 is 21.4 Å². The number of anilines is 1. The van der Waals surface area contributed by atoms with Gasteiger partial charge >= 0.3 is 0 Å². The lowest BCUT2D eigenvalue weighted by Crippen LogP contribution is -2.44. The molecule has 4 rings (SSSR count). The molecule has 0 N–H and O–H groups in total. The molecule has 2 heterocycles. The van der Waals surface area contributed by atoms with Gasteiger partial charge in [-0.3, -0.25) is 9.59 Å². The predicted molar refractivity (Wildman–Crippen MR) is 115 cm³/mol. The van der Waals surface area contributed by atoms with Crippen LogP contribution in [0.15, 0.2) is 71.5 Å². The van der Waals surface area contributed by atoms with Crippen LogP contribution < -0.4 is 10.5 Å². The summed E-state index contributed by atoms with van der Waals surface area (Å²) in [6.07, 6.45) is 0.320. The van der Waals surface area contributed by atoms with Gasteiger partial charge in [0.1, 0.15) is 12.4 Å². The van der Waals surface area contributed by atoms with Crippen LogP contribution in [0.2, 0.25) is 0 Å². The highest BCUT2D eigenvalue weighted by atomic mass is 32.2. The van der Waals surface area contributed by atoms with Crippen LogP contribution in [0.4, 0.5) is 10.1 Å². The number of carbonyl (C=O) groups excluding carboxylic acids is 1. The molecule has 9 heteroatoms. The molecule has 1 atom stereocenters. The third-order valence-corrected chi connectivity index (χ3v) is 6.93. The number of rotatable bonds is 5. The molecule has 0 aliphatic carbocycles. The maximum atomic E-state index is 14.1. The van der Waals surface area contributed by atoms with Gasteiger partial charge in [-0.25, -0.2) is 17.5 Å². The SMILES string of the molecule is O=C(Cn1nc(-c2ccccc2F)ccc1=O)N(c1ccccc1)[C@@H]1CCS(=O)(=O)C1. The van der Waals surface area contributed by atoms with Crippen molar-refractivity contribution in [1.29, 1.82) is 0 Å². The second kappa shape index (κ2) is 8.43. The number of sulfone groups is 1. The van der Waals surface area contributed by atoms with E-state index in [1.54, 1.807) is 42.5 Å². The van der Waals surface area contributed by atoms with Crippen molar-refractivity contribution in [3.63, 3.8) is 0 Å². The fraction of sp³-hybridized carbons (Fsp3) is 0.227. The van der Waals surface area contributed by atoms with Crippen molar-refractivity contribution in [2.45, 2.75) is 19.0 Å². The second-order valence-corrected chi connectivity index (χ2v) is 9.58. The first kappa shape index (κ1) is 20.9. The molecule has 1 fully saturated rings. The summed E-state index contributed by atoms with van der Waals surface area (Å²) < 4.78 is 39.1. The first-order valence-electron chi connectivity index (χ1n) is 9.75. The molecular formula is C22H20FN3O4S. The topological polar surface area (TPSA) is 89.3 Å². The highest BCUT2D eigenvalue weighted by Gasteiger charge is 2.35. The van der Waals surface area contributed by atoms with E-state index in [4.69, 9.17) is 0 Å². The van der Waals surface area contributed by atoms with Crippen LogP contribution in [0.3, 0.4) is 0 Å². The number of para-hydroxylation sites is 1. The highest BCUT2D eigenvalue weighted by molar-refractivity contribution is 7.91. The van der Waals surface area contributed by atoms with E-state index >= 15 is 0 Å². The zero-order valence-electron chi connectivity index (χ0n) is 16.5. The van der Waals surface area contributed by atoms with E-state index in [-0.39, 0.29) is 22.8 Å². The van der Waals surface area contributed by atoms with Gasteiger partial charge in [0, 0.05) is 17.3 Å². The summed E-state index contributed by atoms with van der Waals surface area (Å²) in [5.74, 6) is -1.08. The Morgan fingerprint density at radius 2 is 1.77 bits per heavy atom. The van der Waals surface area contributed by atoms with Gasteiger partial charge in [0.15, 0.2) is 9.84 Å². The van der Waals surface area contributed by atoms with Crippen molar-refractivity contribution in [1.82, 2.24) is 9.78 Å². The Bertz CT molecular complexity index is 1280. The molecule has 1 aliphatic heterocycles. The summed E-state index contributed by atoms with van der Waals surface area (Å²) in [5, 5.41) is 4.17. The van der Waals surface area contributed by atoms with E-state index in [9.17, 15) is 22.4 Å². The van der Waals surface area contributed by atoms with Crippen LogP contribution in [0.25, 0.3) is 11.3 Å². The Kier molecular flexibility index (Phi) is 5.69. The van der Waals surface area contributed by atoms with Gasteiger partial charge in [-0.1, -0.05) is 30.3 Å². The minimum absolute atomic E-state index is 0.00917. The molecule has 2 aromatic carbocycles. The smallest absolute Gasteiger partial charge is 0.267 e. The van der Waals surface area contributed by atoms with E-state index in [1.165, 1.54) is 29.2 Å². The Morgan fingerprint density at radius 1 is 1.06 bits per heavy atom. The number of nitrogens with zero attached hydrogens (tertiary/aromatic N) is 3. The molecule has 160 valence electrons. The normalized spacial score (nSPS) is 17.4. The summed E-state index contributed by atoms with van der Waals surface area (Å²) >= 11 is 0. The summed E-state index contributed by atoms with van der Waals surface area (Å²) in [6, 6.07) is 16.9. The number of amides is 1. The first-order chi connectivity index (χ1) is 14.8. The van der Waals surface area contributed by atoms with Crippen molar-refractivity contribution in [2.75, 3.05) is 16.4 Å². The van der Waals surface area contributed by atoms with Crippen LogP contribution in [-0.4, -0.2) is 41.7 Å². The molecule has 1 saturated heterocycles. The third kappa shape index (κ3) is 4.56. The summed E-state index contributed by atoms with van der Waals surface area (Å²) in [4.78, 5) is 27.0. The lowest BCUT2D eigenvalue weighted by atomic mass is 10.1. The predicted octanol–water partition coefficient (Wildman–Crippen LogP) is 2.27. The summed E-state index contributed by atoms with van der Waals surface area (Å²) in [6.45, 7) is -0.396. The third-order valence-electron chi connectivity index (χ3n) is 5.18. The van der Waals surface area contributed by atoms with Crippen LogP contribution in [0, 0.1) is 5.82 Å². The average Bonchev–Trinajstić information content (AvgIpc) is 3.10. The van der Waals surface area contributed by atoms with Gasteiger partial charge in [0.2, 0.25) is 5.91 Å². The monoisotopic (exact) mass is 441 g/mol. The Labute approximate surface area is 178 Å². The summed E-state index contributed by atoms with van der Waals surface area (Å²) in [5.41, 5.74) is 0.471. The molecule has 1 aromatic heterocycles. The van der Waals surface area contributed by atoms with E-state index in [1.807, 2.05) is 0 Å². The minimum Gasteiger partial charge on any atom is -0.307 e. The molecule has 3 aromatic rings. The lowest BCUT2D eigenvalue weighted by molar-refractivity contribution is -0.119. The van der Waals surface area contributed by atoms with Crippen molar-refractivity contribution in [2.24, 2.45) is 0 Å². The molecule has 0 saturated carbocycles. The number of hydrogen-bond donors (Lipinski definition) is 0. The van der Waals surface area contributed by atoms with Gasteiger partial charge in [-0.2, -0.15) is 5.10 Å². The van der Waals surface area contributed by atoms with Crippen molar-refractivity contribution in [3.8, 4) is 11.3 Å². The molecular weight excluding hydrogens is 421 g/mol. The molecule has 31 heavy (non-hydrogen) atoms. The fourth-order valence-electron chi connectivity index (χ4n) is 3.71. The van der Waals surface area contributed by atoms with Gasteiger partial charge in [-0.15, -0.1) is 0 Å². The molecule has 0 radical (unpaired) electrons. The van der Waals surface area contributed by atoms with Crippen LogP contribution in [-0.2, 0) is 21.2 Å².